The number of hydrogen-bond acceptors (Lipinski definition) is 5. The van der Waals surface area contributed by atoms with Crippen molar-refractivity contribution in [2.24, 2.45) is 17.6 Å². The van der Waals surface area contributed by atoms with Gasteiger partial charge in [0.2, 0.25) is 5.75 Å². The highest BCUT2D eigenvalue weighted by Gasteiger charge is 2.26. The molecule has 0 spiro atoms. The first-order valence-electron chi connectivity index (χ1n) is 6.81. The molecule has 0 radical (unpaired) electrons. The van der Waals surface area contributed by atoms with Gasteiger partial charge in [0.15, 0.2) is 0 Å². The average molecular weight is 280 g/mol. The Kier molecular flexibility index (Phi) is 4.79. The smallest absolute Gasteiger partial charge is 0.311 e. The van der Waals surface area contributed by atoms with Crippen LogP contribution in [-0.2, 0) is 0 Å². The Balaban J connectivity index is 2.01. The van der Waals surface area contributed by atoms with E-state index in [9.17, 15) is 10.1 Å². The number of rotatable bonds is 6. The predicted octanol–water partition coefficient (Wildman–Crippen LogP) is 2.36. The highest BCUT2D eigenvalue weighted by molar-refractivity contribution is 5.50. The Labute approximate surface area is 118 Å². The van der Waals surface area contributed by atoms with Crippen molar-refractivity contribution in [3.63, 3.8) is 0 Å². The molecule has 1 saturated carbocycles. The van der Waals surface area contributed by atoms with E-state index in [1.165, 1.54) is 19.6 Å². The maximum Gasteiger partial charge on any atom is 0.311 e. The fourth-order valence-corrected chi connectivity index (χ4v) is 2.75. The van der Waals surface area contributed by atoms with E-state index in [4.69, 9.17) is 15.2 Å². The average Bonchev–Trinajstić information content (AvgIpc) is 2.92. The fraction of sp³-hybridized carbons (Fsp3) is 0.571. The Bertz CT molecular complexity index is 478. The van der Waals surface area contributed by atoms with Crippen molar-refractivity contribution in [1.82, 2.24) is 0 Å². The fourth-order valence-electron chi connectivity index (χ4n) is 2.75. The second-order valence-electron chi connectivity index (χ2n) is 5.09. The molecule has 2 N–H and O–H groups in total. The lowest BCUT2D eigenvalue weighted by atomic mass is 9.97. The molecule has 6 nitrogen and oxygen atoms in total. The van der Waals surface area contributed by atoms with Gasteiger partial charge in [0.25, 0.3) is 0 Å². The monoisotopic (exact) mass is 280 g/mol. The van der Waals surface area contributed by atoms with E-state index in [1.54, 1.807) is 12.1 Å². The lowest BCUT2D eigenvalue weighted by molar-refractivity contribution is -0.385. The van der Waals surface area contributed by atoms with Gasteiger partial charge in [-0.2, -0.15) is 0 Å². The first-order valence-corrected chi connectivity index (χ1v) is 6.81. The first-order chi connectivity index (χ1) is 9.65. The molecule has 1 aliphatic rings. The van der Waals surface area contributed by atoms with E-state index >= 15 is 0 Å². The first kappa shape index (κ1) is 14.6. The van der Waals surface area contributed by atoms with Gasteiger partial charge in [-0.15, -0.1) is 0 Å². The minimum absolute atomic E-state index is 0.0550. The van der Waals surface area contributed by atoms with E-state index in [1.807, 2.05) is 0 Å². The number of benzene rings is 1. The van der Waals surface area contributed by atoms with E-state index in [2.05, 4.69) is 0 Å². The number of nitro benzene ring substituents is 1. The van der Waals surface area contributed by atoms with Crippen LogP contribution in [0, 0.1) is 22.0 Å². The molecular formula is C14H20N2O4. The zero-order valence-electron chi connectivity index (χ0n) is 11.6. The predicted molar refractivity (Wildman–Crippen MR) is 75.0 cm³/mol. The van der Waals surface area contributed by atoms with Crippen molar-refractivity contribution in [1.29, 1.82) is 0 Å². The molecule has 0 saturated heterocycles. The summed E-state index contributed by atoms with van der Waals surface area (Å²) >= 11 is 0. The van der Waals surface area contributed by atoms with Crippen molar-refractivity contribution < 1.29 is 14.4 Å². The molecule has 20 heavy (non-hydrogen) atoms. The van der Waals surface area contributed by atoms with E-state index < -0.39 is 4.92 Å². The second kappa shape index (κ2) is 6.56. The number of nitrogens with two attached hydrogens (primary N) is 1. The van der Waals surface area contributed by atoms with Crippen LogP contribution in [-0.4, -0.2) is 25.2 Å². The van der Waals surface area contributed by atoms with Gasteiger partial charge >= 0.3 is 5.69 Å². The van der Waals surface area contributed by atoms with Crippen molar-refractivity contribution in [2.75, 3.05) is 20.3 Å². The highest BCUT2D eigenvalue weighted by atomic mass is 16.6. The van der Waals surface area contributed by atoms with E-state index in [-0.39, 0.29) is 11.4 Å². The van der Waals surface area contributed by atoms with Crippen LogP contribution in [0.5, 0.6) is 11.5 Å². The van der Waals surface area contributed by atoms with E-state index in [0.717, 1.165) is 12.8 Å². The van der Waals surface area contributed by atoms with Gasteiger partial charge in [-0.25, -0.2) is 0 Å². The van der Waals surface area contributed by atoms with Crippen LogP contribution in [0.4, 0.5) is 5.69 Å². The van der Waals surface area contributed by atoms with E-state index in [0.29, 0.717) is 30.7 Å². The van der Waals surface area contributed by atoms with Crippen LogP contribution < -0.4 is 15.2 Å². The molecule has 0 aliphatic heterocycles. The van der Waals surface area contributed by atoms with Crippen LogP contribution in [0.15, 0.2) is 18.2 Å². The lowest BCUT2D eigenvalue weighted by Gasteiger charge is -2.18. The molecule has 0 aromatic heterocycles. The van der Waals surface area contributed by atoms with Crippen molar-refractivity contribution in [3.8, 4) is 11.5 Å². The highest BCUT2D eigenvalue weighted by Crippen LogP contribution is 2.34. The summed E-state index contributed by atoms with van der Waals surface area (Å²) in [5.74, 6) is 1.81. The Morgan fingerprint density at radius 3 is 2.80 bits per heavy atom. The van der Waals surface area contributed by atoms with Crippen LogP contribution in [0.2, 0.25) is 0 Å². The maximum absolute atomic E-state index is 10.8. The molecule has 0 heterocycles. The molecule has 6 heteroatoms. The van der Waals surface area contributed by atoms with Gasteiger partial charge in [0.05, 0.1) is 18.6 Å². The maximum atomic E-state index is 10.8. The summed E-state index contributed by atoms with van der Waals surface area (Å²) in [5.41, 5.74) is 5.69. The molecule has 0 amide bonds. The summed E-state index contributed by atoms with van der Waals surface area (Å²) in [4.78, 5) is 10.3. The van der Waals surface area contributed by atoms with Crippen molar-refractivity contribution >= 4 is 5.69 Å². The van der Waals surface area contributed by atoms with Gasteiger partial charge in [-0.05, 0) is 37.3 Å². The largest absolute Gasteiger partial charge is 0.493 e. The summed E-state index contributed by atoms with van der Waals surface area (Å²) < 4.78 is 10.8. The van der Waals surface area contributed by atoms with Gasteiger partial charge in [0, 0.05) is 12.1 Å². The van der Waals surface area contributed by atoms with Crippen molar-refractivity contribution in [3.05, 3.63) is 28.3 Å². The van der Waals surface area contributed by atoms with Gasteiger partial charge < -0.3 is 15.2 Å². The third-order valence-electron chi connectivity index (χ3n) is 3.93. The zero-order valence-corrected chi connectivity index (χ0v) is 11.6. The standard InChI is InChI=1S/C14H20N2O4/c1-19-14-7-12(5-6-13(14)16(17)18)20-9-11-4-2-3-10(11)8-15/h5-7,10-11H,2-4,8-9,15H2,1H3. The number of hydrogen-bond donors (Lipinski definition) is 1. The molecule has 0 bridgehead atoms. The summed E-state index contributed by atoms with van der Waals surface area (Å²) in [6, 6.07) is 4.57. The van der Waals surface area contributed by atoms with Crippen LogP contribution >= 0.6 is 0 Å². The Morgan fingerprint density at radius 1 is 1.40 bits per heavy atom. The summed E-state index contributed by atoms with van der Waals surface area (Å²) in [5, 5.41) is 10.8. The summed E-state index contributed by atoms with van der Waals surface area (Å²) in [7, 11) is 1.41. The number of ether oxygens (including phenoxy) is 2. The second-order valence-corrected chi connectivity index (χ2v) is 5.09. The molecule has 1 aromatic rings. The molecule has 2 unspecified atom stereocenters. The molecule has 2 atom stereocenters. The van der Waals surface area contributed by atoms with Gasteiger partial charge in [-0.3, -0.25) is 10.1 Å². The number of methoxy groups -OCH3 is 1. The quantitative estimate of drug-likeness (QED) is 0.638. The molecule has 110 valence electrons. The topological polar surface area (TPSA) is 87.6 Å². The summed E-state index contributed by atoms with van der Waals surface area (Å²) in [6.07, 6.45) is 3.49. The third-order valence-corrected chi connectivity index (χ3v) is 3.93. The third kappa shape index (κ3) is 3.19. The molecule has 2 rings (SSSR count). The van der Waals surface area contributed by atoms with Crippen LogP contribution in [0.25, 0.3) is 0 Å². The van der Waals surface area contributed by atoms with Crippen molar-refractivity contribution in [2.45, 2.75) is 19.3 Å². The summed E-state index contributed by atoms with van der Waals surface area (Å²) in [6.45, 7) is 1.29. The SMILES string of the molecule is COc1cc(OCC2CCCC2CN)ccc1[N+](=O)[O-]. The lowest BCUT2D eigenvalue weighted by Crippen LogP contribution is -2.23. The van der Waals surface area contributed by atoms with Gasteiger partial charge in [0.1, 0.15) is 5.75 Å². The van der Waals surface area contributed by atoms with Gasteiger partial charge in [-0.1, -0.05) is 6.42 Å². The number of nitro groups is 1. The number of nitrogens with zero attached hydrogens (tertiary/aromatic N) is 1. The Morgan fingerprint density at radius 2 is 2.15 bits per heavy atom. The normalized spacial score (nSPS) is 21.7. The van der Waals surface area contributed by atoms with Crippen LogP contribution in [0.1, 0.15) is 19.3 Å². The molecular weight excluding hydrogens is 260 g/mol. The molecule has 1 aromatic carbocycles. The van der Waals surface area contributed by atoms with Crippen LogP contribution in [0.3, 0.4) is 0 Å². The minimum atomic E-state index is -0.468. The molecule has 1 fully saturated rings. The molecule has 1 aliphatic carbocycles. The Hall–Kier alpha value is -1.82. The zero-order chi connectivity index (χ0) is 14.5. The minimum Gasteiger partial charge on any atom is -0.493 e.